The number of hydrogen-bond acceptors (Lipinski definition) is 3. The van der Waals surface area contributed by atoms with Crippen molar-refractivity contribution in [3.05, 3.63) is 50.1 Å². The zero-order valence-corrected chi connectivity index (χ0v) is 13.3. The summed E-state index contributed by atoms with van der Waals surface area (Å²) in [7, 11) is 2.01. The summed E-state index contributed by atoms with van der Waals surface area (Å²) in [6.07, 6.45) is 1.13. The van der Waals surface area contributed by atoms with Crippen molar-refractivity contribution >= 4 is 27.3 Å². The Balaban J connectivity index is 1.98. The van der Waals surface area contributed by atoms with Gasteiger partial charge in [-0.2, -0.15) is 0 Å². The second kappa shape index (κ2) is 5.27. The highest BCUT2D eigenvalue weighted by Gasteiger charge is 2.29. The third-order valence-electron chi connectivity index (χ3n) is 3.61. The molecular formula is C15H16BrNOS. The van der Waals surface area contributed by atoms with Crippen molar-refractivity contribution in [3.8, 4) is 5.75 Å². The first-order valence-corrected chi connectivity index (χ1v) is 8.03. The third-order valence-corrected chi connectivity index (χ3v) is 5.21. The van der Waals surface area contributed by atoms with Crippen LogP contribution in [0.25, 0.3) is 0 Å². The van der Waals surface area contributed by atoms with Gasteiger partial charge in [0, 0.05) is 27.4 Å². The standard InChI is InChI=1S/C15H16BrNOS/c1-9-5-6-19-15(9)14-8-12(17-2)11-7-10(16)3-4-13(11)18-14/h3-7,12,14,17H,8H2,1-2H3. The maximum atomic E-state index is 6.19. The molecule has 2 heterocycles. The van der Waals surface area contributed by atoms with Crippen LogP contribution in [0.3, 0.4) is 0 Å². The molecule has 3 rings (SSSR count). The Morgan fingerprint density at radius 3 is 2.89 bits per heavy atom. The van der Waals surface area contributed by atoms with E-state index in [-0.39, 0.29) is 6.10 Å². The van der Waals surface area contributed by atoms with Crippen molar-refractivity contribution in [1.29, 1.82) is 0 Å². The van der Waals surface area contributed by atoms with E-state index < -0.39 is 0 Å². The molecule has 1 aromatic carbocycles. The average molecular weight is 338 g/mol. The van der Waals surface area contributed by atoms with Crippen LogP contribution in [0.2, 0.25) is 0 Å². The molecule has 2 unspecified atom stereocenters. The molecule has 0 amide bonds. The summed E-state index contributed by atoms with van der Waals surface area (Å²) in [6.45, 7) is 2.15. The largest absolute Gasteiger partial charge is 0.484 e. The van der Waals surface area contributed by atoms with Crippen LogP contribution in [0.1, 0.15) is 34.6 Å². The number of nitrogens with one attached hydrogen (secondary N) is 1. The molecule has 0 fully saturated rings. The Bertz CT molecular complexity index is 596. The van der Waals surface area contributed by atoms with Crippen molar-refractivity contribution in [3.63, 3.8) is 0 Å². The van der Waals surface area contributed by atoms with Crippen LogP contribution in [0, 0.1) is 6.92 Å². The summed E-state index contributed by atoms with van der Waals surface area (Å²) in [6, 6.07) is 8.74. The van der Waals surface area contributed by atoms with E-state index in [4.69, 9.17) is 4.74 Å². The van der Waals surface area contributed by atoms with E-state index >= 15 is 0 Å². The van der Waals surface area contributed by atoms with Gasteiger partial charge in [0.2, 0.25) is 0 Å². The molecule has 1 aliphatic rings. The van der Waals surface area contributed by atoms with Crippen LogP contribution < -0.4 is 10.1 Å². The summed E-state index contributed by atoms with van der Waals surface area (Å²) >= 11 is 5.32. The van der Waals surface area contributed by atoms with E-state index in [0.29, 0.717) is 6.04 Å². The van der Waals surface area contributed by atoms with Crippen LogP contribution in [-0.4, -0.2) is 7.05 Å². The van der Waals surface area contributed by atoms with E-state index in [1.807, 2.05) is 13.1 Å². The SMILES string of the molecule is CNC1CC(c2sccc2C)Oc2ccc(Br)cc21. The molecule has 0 aliphatic carbocycles. The lowest BCUT2D eigenvalue weighted by atomic mass is 9.95. The molecule has 0 saturated carbocycles. The van der Waals surface area contributed by atoms with Gasteiger partial charge in [-0.3, -0.25) is 0 Å². The van der Waals surface area contributed by atoms with E-state index in [9.17, 15) is 0 Å². The number of aryl methyl sites for hydroxylation is 1. The molecule has 2 aromatic rings. The molecule has 4 heteroatoms. The van der Waals surface area contributed by atoms with Gasteiger partial charge >= 0.3 is 0 Å². The van der Waals surface area contributed by atoms with Gasteiger partial charge < -0.3 is 10.1 Å². The Morgan fingerprint density at radius 2 is 2.21 bits per heavy atom. The molecule has 2 nitrogen and oxygen atoms in total. The molecule has 2 atom stereocenters. The van der Waals surface area contributed by atoms with Gasteiger partial charge in [-0.1, -0.05) is 15.9 Å². The summed E-state index contributed by atoms with van der Waals surface area (Å²) in [5.74, 6) is 0.992. The van der Waals surface area contributed by atoms with E-state index in [2.05, 4.69) is 51.7 Å². The van der Waals surface area contributed by atoms with Gasteiger partial charge in [-0.25, -0.2) is 0 Å². The average Bonchev–Trinajstić information content (AvgIpc) is 2.84. The highest BCUT2D eigenvalue weighted by Crippen LogP contribution is 2.43. The fourth-order valence-electron chi connectivity index (χ4n) is 2.59. The second-order valence-electron chi connectivity index (χ2n) is 4.83. The lowest BCUT2D eigenvalue weighted by Crippen LogP contribution is -2.26. The number of halogens is 1. The predicted molar refractivity (Wildman–Crippen MR) is 83.0 cm³/mol. The smallest absolute Gasteiger partial charge is 0.135 e. The first kappa shape index (κ1) is 13.2. The number of ether oxygens (including phenoxy) is 1. The maximum Gasteiger partial charge on any atom is 0.135 e. The molecular weight excluding hydrogens is 322 g/mol. The second-order valence-corrected chi connectivity index (χ2v) is 6.70. The Kier molecular flexibility index (Phi) is 3.65. The van der Waals surface area contributed by atoms with Gasteiger partial charge in [0.25, 0.3) is 0 Å². The number of hydrogen-bond donors (Lipinski definition) is 1. The quantitative estimate of drug-likeness (QED) is 0.864. The fraction of sp³-hybridized carbons (Fsp3) is 0.333. The van der Waals surface area contributed by atoms with Gasteiger partial charge in [0.05, 0.1) is 0 Å². The molecule has 19 heavy (non-hydrogen) atoms. The van der Waals surface area contributed by atoms with E-state index in [0.717, 1.165) is 16.6 Å². The Hall–Kier alpha value is -0.840. The molecule has 100 valence electrons. The monoisotopic (exact) mass is 337 g/mol. The molecule has 0 bridgehead atoms. The lowest BCUT2D eigenvalue weighted by molar-refractivity contribution is 0.156. The summed E-state index contributed by atoms with van der Waals surface area (Å²) < 4.78 is 7.29. The number of thiophene rings is 1. The zero-order valence-electron chi connectivity index (χ0n) is 10.9. The minimum Gasteiger partial charge on any atom is -0.484 e. The van der Waals surface area contributed by atoms with Crippen molar-refractivity contribution in [1.82, 2.24) is 5.32 Å². The van der Waals surface area contributed by atoms with Crippen LogP contribution in [0.15, 0.2) is 34.1 Å². The minimum absolute atomic E-state index is 0.158. The van der Waals surface area contributed by atoms with Gasteiger partial charge in [-0.15, -0.1) is 11.3 Å². The van der Waals surface area contributed by atoms with Crippen LogP contribution in [-0.2, 0) is 0 Å². The molecule has 1 N–H and O–H groups in total. The number of rotatable bonds is 2. The number of benzene rings is 1. The topological polar surface area (TPSA) is 21.3 Å². The summed E-state index contributed by atoms with van der Waals surface area (Å²) in [5.41, 5.74) is 2.56. The molecule has 0 saturated heterocycles. The first-order chi connectivity index (χ1) is 9.19. The Labute approximate surface area is 125 Å². The van der Waals surface area contributed by atoms with Crippen molar-refractivity contribution in [2.24, 2.45) is 0 Å². The van der Waals surface area contributed by atoms with E-state index in [1.54, 1.807) is 11.3 Å². The number of fused-ring (bicyclic) bond motifs is 1. The van der Waals surface area contributed by atoms with Crippen LogP contribution >= 0.6 is 27.3 Å². The van der Waals surface area contributed by atoms with E-state index in [1.165, 1.54) is 16.0 Å². The summed E-state index contributed by atoms with van der Waals surface area (Å²) in [4.78, 5) is 1.34. The summed E-state index contributed by atoms with van der Waals surface area (Å²) in [5, 5.41) is 5.54. The molecule has 0 radical (unpaired) electrons. The molecule has 0 spiro atoms. The highest BCUT2D eigenvalue weighted by atomic mass is 79.9. The molecule has 1 aromatic heterocycles. The van der Waals surface area contributed by atoms with Gasteiger partial charge in [-0.05, 0) is 49.2 Å². The van der Waals surface area contributed by atoms with Crippen molar-refractivity contribution < 1.29 is 4.74 Å². The maximum absolute atomic E-state index is 6.19. The zero-order chi connectivity index (χ0) is 13.4. The highest BCUT2D eigenvalue weighted by molar-refractivity contribution is 9.10. The van der Waals surface area contributed by atoms with Crippen LogP contribution in [0.5, 0.6) is 5.75 Å². The fourth-order valence-corrected chi connectivity index (χ4v) is 3.94. The minimum atomic E-state index is 0.158. The Morgan fingerprint density at radius 1 is 1.37 bits per heavy atom. The van der Waals surface area contributed by atoms with Crippen LogP contribution in [0.4, 0.5) is 0 Å². The van der Waals surface area contributed by atoms with Gasteiger partial charge in [0.1, 0.15) is 11.9 Å². The predicted octanol–water partition coefficient (Wildman–Crippen LogP) is 4.60. The third kappa shape index (κ3) is 2.45. The first-order valence-electron chi connectivity index (χ1n) is 6.36. The van der Waals surface area contributed by atoms with Crippen molar-refractivity contribution in [2.45, 2.75) is 25.5 Å². The normalized spacial score (nSPS) is 21.8. The molecule has 1 aliphatic heterocycles. The lowest BCUT2D eigenvalue weighted by Gasteiger charge is -2.32. The van der Waals surface area contributed by atoms with Crippen molar-refractivity contribution in [2.75, 3.05) is 7.05 Å². The van der Waals surface area contributed by atoms with Gasteiger partial charge in [0.15, 0.2) is 0 Å².